The van der Waals surface area contributed by atoms with Gasteiger partial charge in [0.15, 0.2) is 0 Å². The average Bonchev–Trinajstić information content (AvgIpc) is 2.32. The fourth-order valence-corrected chi connectivity index (χ4v) is 1.08. The van der Waals surface area contributed by atoms with Gasteiger partial charge in [-0.25, -0.2) is 4.79 Å². The molecule has 0 aromatic carbocycles. The van der Waals surface area contributed by atoms with Crippen LogP contribution in [0.25, 0.3) is 0 Å². The van der Waals surface area contributed by atoms with Crippen molar-refractivity contribution in [3.63, 3.8) is 0 Å². The lowest BCUT2D eigenvalue weighted by Crippen LogP contribution is -2.21. The number of carboxylic acids is 1. The van der Waals surface area contributed by atoms with Gasteiger partial charge in [-0.3, -0.25) is 4.79 Å². The maximum Gasteiger partial charge on any atom is 0.327 e. The predicted molar refractivity (Wildman–Crippen MR) is 74.8 cm³/mol. The van der Waals surface area contributed by atoms with E-state index in [0.717, 1.165) is 6.08 Å². The fourth-order valence-electron chi connectivity index (χ4n) is 0.966. The molecule has 0 aliphatic heterocycles. The first-order valence-corrected chi connectivity index (χ1v) is 6.42. The summed E-state index contributed by atoms with van der Waals surface area (Å²) in [6, 6.07) is 0. The number of aliphatic hydroxyl groups is 1. The van der Waals surface area contributed by atoms with Gasteiger partial charge in [-0.2, -0.15) is 12.6 Å². The summed E-state index contributed by atoms with van der Waals surface area (Å²) in [5.74, 6) is -0.343. The summed E-state index contributed by atoms with van der Waals surface area (Å²) in [6.45, 7) is 5.80. The van der Waals surface area contributed by atoms with Crippen LogP contribution in [0, 0.1) is 5.92 Å². The van der Waals surface area contributed by atoms with Gasteiger partial charge >= 0.3 is 5.97 Å². The highest BCUT2D eigenvalue weighted by atomic mass is 32.1. The summed E-state index contributed by atoms with van der Waals surface area (Å²) in [5.41, 5.74) is 0. The molecule has 5 nitrogen and oxygen atoms in total. The van der Waals surface area contributed by atoms with Gasteiger partial charge in [-0.05, 0) is 6.42 Å². The third kappa shape index (κ3) is 15.0. The van der Waals surface area contributed by atoms with Crippen LogP contribution in [0.2, 0.25) is 0 Å². The van der Waals surface area contributed by atoms with E-state index in [1.807, 2.05) is 6.92 Å². The zero-order chi connectivity index (χ0) is 14.6. The molecule has 0 fully saturated rings. The summed E-state index contributed by atoms with van der Waals surface area (Å²) < 4.78 is 0. The molecule has 0 unspecified atom stereocenters. The van der Waals surface area contributed by atoms with Crippen LogP contribution in [0.1, 0.15) is 27.2 Å². The lowest BCUT2D eigenvalue weighted by atomic mass is 10.0. The van der Waals surface area contributed by atoms with Crippen molar-refractivity contribution in [1.82, 2.24) is 5.32 Å². The zero-order valence-electron chi connectivity index (χ0n) is 11.1. The number of thiol groups is 1. The van der Waals surface area contributed by atoms with E-state index in [9.17, 15) is 14.7 Å². The number of aliphatic hydroxyl groups excluding tert-OH is 1. The van der Waals surface area contributed by atoms with Gasteiger partial charge in [0.2, 0.25) is 5.91 Å². The molecule has 3 N–H and O–H groups in total. The van der Waals surface area contributed by atoms with Crippen molar-refractivity contribution in [3.05, 3.63) is 12.2 Å². The number of amides is 1. The molecule has 2 atom stereocenters. The van der Waals surface area contributed by atoms with Crippen molar-refractivity contribution in [1.29, 1.82) is 0 Å². The Labute approximate surface area is 114 Å². The van der Waals surface area contributed by atoms with Crippen LogP contribution in [-0.4, -0.2) is 40.5 Å². The Bertz CT molecular complexity index is 269. The van der Waals surface area contributed by atoms with Crippen molar-refractivity contribution in [2.45, 2.75) is 33.3 Å². The van der Waals surface area contributed by atoms with Crippen molar-refractivity contribution < 1.29 is 19.8 Å². The highest BCUT2D eigenvalue weighted by Crippen LogP contribution is 2.07. The largest absolute Gasteiger partial charge is 0.478 e. The van der Waals surface area contributed by atoms with Gasteiger partial charge in [-0.1, -0.05) is 19.9 Å². The summed E-state index contributed by atoms with van der Waals surface area (Å²) in [7, 11) is 0. The molecular weight excluding hydrogens is 254 g/mol. The van der Waals surface area contributed by atoms with E-state index in [1.165, 1.54) is 13.0 Å². The lowest BCUT2D eigenvalue weighted by Gasteiger charge is -2.11. The number of aliphatic carboxylic acids is 1. The molecule has 106 valence electrons. The number of hydrogen-bond donors (Lipinski definition) is 4. The maximum atomic E-state index is 10.1. The quantitative estimate of drug-likeness (QED) is 0.432. The molecule has 0 aromatic rings. The summed E-state index contributed by atoms with van der Waals surface area (Å²) in [4.78, 5) is 20.1. The Morgan fingerprint density at radius 2 is 2.00 bits per heavy atom. The van der Waals surface area contributed by atoms with E-state index in [2.05, 4.69) is 17.9 Å². The van der Waals surface area contributed by atoms with Gasteiger partial charge in [0.05, 0.1) is 6.10 Å². The third-order valence-electron chi connectivity index (χ3n) is 2.05. The Morgan fingerprint density at radius 3 is 2.28 bits per heavy atom. The van der Waals surface area contributed by atoms with Crippen LogP contribution >= 0.6 is 12.6 Å². The van der Waals surface area contributed by atoms with Gasteiger partial charge in [0.1, 0.15) is 0 Å². The minimum atomic E-state index is -0.972. The smallest absolute Gasteiger partial charge is 0.327 e. The molecule has 0 aliphatic carbocycles. The number of carbonyl (C=O) groups is 2. The summed E-state index contributed by atoms with van der Waals surface area (Å²) >= 11 is 3.88. The molecule has 0 saturated heterocycles. The topological polar surface area (TPSA) is 86.6 Å². The number of nitrogens with one attached hydrogen (secondary N) is 1. The number of hydrogen-bond acceptors (Lipinski definition) is 4. The highest BCUT2D eigenvalue weighted by Gasteiger charge is 2.07. The van der Waals surface area contributed by atoms with Gasteiger partial charge in [-0.15, -0.1) is 0 Å². The van der Waals surface area contributed by atoms with Crippen molar-refractivity contribution >= 4 is 24.5 Å². The zero-order valence-corrected chi connectivity index (χ0v) is 12.0. The molecule has 0 aromatic heterocycles. The second-order valence-corrected chi connectivity index (χ2v) is 4.19. The summed E-state index contributed by atoms with van der Waals surface area (Å²) in [5, 5.41) is 20.0. The first-order chi connectivity index (χ1) is 8.34. The van der Waals surface area contributed by atoms with E-state index >= 15 is 0 Å². The predicted octanol–water partition coefficient (Wildman–Crippen LogP) is 1.09. The maximum absolute atomic E-state index is 10.1. The first kappa shape index (κ1) is 19.3. The molecule has 0 radical (unpaired) electrons. The van der Waals surface area contributed by atoms with E-state index in [0.29, 0.717) is 18.7 Å². The van der Waals surface area contributed by atoms with Crippen molar-refractivity contribution in [2.24, 2.45) is 5.92 Å². The van der Waals surface area contributed by atoms with Crippen LogP contribution < -0.4 is 5.32 Å². The van der Waals surface area contributed by atoms with Crippen LogP contribution in [0.4, 0.5) is 0 Å². The molecule has 0 rings (SSSR count). The molecule has 1 amide bonds. The average molecular weight is 277 g/mol. The normalized spacial score (nSPS) is 13.4. The molecule has 0 spiro atoms. The van der Waals surface area contributed by atoms with E-state index in [1.54, 1.807) is 6.92 Å². The molecule has 0 saturated carbocycles. The van der Waals surface area contributed by atoms with Crippen LogP contribution in [0.15, 0.2) is 12.2 Å². The Morgan fingerprint density at radius 1 is 1.44 bits per heavy atom. The van der Waals surface area contributed by atoms with Crippen LogP contribution in [0.5, 0.6) is 0 Å². The molecule has 0 bridgehead atoms. The third-order valence-corrected chi connectivity index (χ3v) is 2.28. The van der Waals surface area contributed by atoms with Crippen LogP contribution in [0.3, 0.4) is 0 Å². The van der Waals surface area contributed by atoms with Crippen molar-refractivity contribution in [3.8, 4) is 0 Å². The monoisotopic (exact) mass is 277 g/mol. The Kier molecular flexibility index (Phi) is 13.4. The minimum Gasteiger partial charge on any atom is -0.478 e. The Balaban J connectivity index is 0. The fraction of sp³-hybridized carbons (Fsp3) is 0.667. The van der Waals surface area contributed by atoms with E-state index < -0.39 is 12.1 Å². The summed E-state index contributed by atoms with van der Waals surface area (Å²) in [6.07, 6.45) is 2.76. The second kappa shape index (κ2) is 12.4. The van der Waals surface area contributed by atoms with Crippen molar-refractivity contribution in [2.75, 3.05) is 12.3 Å². The molecule has 0 heterocycles. The van der Waals surface area contributed by atoms with Gasteiger partial charge in [0.25, 0.3) is 0 Å². The standard InChI is InChI=1S/C8H14O3.C4H9NOS/c1-3-7(9)6(2)4-5-8(10)11;1-4(6)5-2-3-7/h4-7,9H,3H2,1-2H3,(H,10,11);7H,2-3H2,1H3,(H,5,6)/b5-4+;/t6-,7+;/m0./s1. The second-order valence-electron chi connectivity index (χ2n) is 3.74. The first-order valence-electron chi connectivity index (χ1n) is 5.79. The molecular formula is C12H23NO4S. The van der Waals surface area contributed by atoms with Gasteiger partial charge < -0.3 is 15.5 Å². The number of carboxylic acid groups (broad SMARTS) is 1. The minimum absolute atomic E-state index is 0.00838. The number of rotatable bonds is 6. The number of carbonyl (C=O) groups excluding carboxylic acids is 1. The SMILES string of the molecule is CC(=O)NCCS.CC[C@@H](O)[C@@H](C)/C=C/C(=O)O. The van der Waals surface area contributed by atoms with E-state index in [-0.39, 0.29) is 11.8 Å². The molecule has 0 aliphatic rings. The van der Waals surface area contributed by atoms with Gasteiger partial charge in [0, 0.05) is 31.2 Å². The highest BCUT2D eigenvalue weighted by molar-refractivity contribution is 7.80. The molecule has 6 heteroatoms. The molecule has 18 heavy (non-hydrogen) atoms. The lowest BCUT2D eigenvalue weighted by molar-refractivity contribution is -0.131. The van der Waals surface area contributed by atoms with Crippen LogP contribution in [-0.2, 0) is 9.59 Å². The Hall–Kier alpha value is -1.01. The van der Waals surface area contributed by atoms with E-state index in [4.69, 9.17) is 5.11 Å².